The molecule has 0 spiro atoms. The van der Waals surface area contributed by atoms with Crippen LogP contribution in [0.3, 0.4) is 0 Å². The fourth-order valence-corrected chi connectivity index (χ4v) is 5.91. The largest absolute Gasteiger partial charge is 1.00 e. The van der Waals surface area contributed by atoms with Crippen molar-refractivity contribution >= 4 is 31.4 Å². The Kier molecular flexibility index (Phi) is 11.7. The van der Waals surface area contributed by atoms with Crippen molar-refractivity contribution in [1.29, 1.82) is 0 Å². The molecule has 1 aliphatic carbocycles. The summed E-state index contributed by atoms with van der Waals surface area (Å²) in [5, 5.41) is 9.85. The van der Waals surface area contributed by atoms with E-state index in [9.17, 15) is 18.7 Å². The lowest BCUT2D eigenvalue weighted by molar-refractivity contribution is -0.950. The maximum Gasteiger partial charge on any atom is 0.474 e. The summed E-state index contributed by atoms with van der Waals surface area (Å²) in [5.41, 5.74) is 0.470. The predicted octanol–water partition coefficient (Wildman–Crippen LogP) is 1.38. The van der Waals surface area contributed by atoms with Crippen LogP contribution in [-0.4, -0.2) is 74.8 Å². The number of hydrogen-bond donors (Lipinski definition) is 5. The summed E-state index contributed by atoms with van der Waals surface area (Å²) in [6, 6.07) is 4.86. The van der Waals surface area contributed by atoms with E-state index in [2.05, 4.69) is 30.9 Å². The van der Waals surface area contributed by atoms with Crippen LogP contribution in [0.25, 0.3) is 0 Å². The molecule has 2 heterocycles. The predicted molar refractivity (Wildman–Crippen MR) is 146 cm³/mol. The summed E-state index contributed by atoms with van der Waals surface area (Å²) >= 11 is 0. The van der Waals surface area contributed by atoms with Crippen LogP contribution in [0, 0.1) is 5.82 Å². The lowest BCUT2D eigenvalue weighted by atomic mass is 10.1. The number of nitrogens with zero attached hydrogens (tertiary/aromatic N) is 4. The van der Waals surface area contributed by atoms with Crippen LogP contribution in [0.4, 0.5) is 27.9 Å². The van der Waals surface area contributed by atoms with Gasteiger partial charge in [-0.05, 0) is 31.9 Å². The first-order valence-electron chi connectivity index (χ1n) is 13.6. The van der Waals surface area contributed by atoms with Crippen molar-refractivity contribution in [1.82, 2.24) is 15.0 Å². The molecule has 2 fully saturated rings. The molecular formula is C25H40ClFN7O5P. The van der Waals surface area contributed by atoms with E-state index in [1.165, 1.54) is 32.1 Å². The monoisotopic (exact) mass is 603 g/mol. The minimum atomic E-state index is -4.57. The Balaban J connectivity index is 0.00000441. The standard InChI is InChI=1S/C25H39FN7O5P.ClH/c1-3-33(17-38-39(34,35)36)14-8-11-20(33)16-27-23-30-24(28-18-9-6-4-5-7-10-18)32-25(31-23)29-19-12-13-22(37-2)21(26)15-19;/h12-13,15,18,20H,3-11,14,16-17H2,1-2H3,(H4-,27,28,29,30,31,32,34,35,36);1H. The average molecular weight is 604 g/mol. The zero-order chi connectivity index (χ0) is 27.9. The van der Waals surface area contributed by atoms with Gasteiger partial charge in [0.25, 0.3) is 0 Å². The van der Waals surface area contributed by atoms with E-state index in [4.69, 9.17) is 9.26 Å². The molecule has 1 saturated heterocycles. The average Bonchev–Trinajstić information content (AvgIpc) is 3.13. The maximum atomic E-state index is 14.3. The van der Waals surface area contributed by atoms with Crippen LogP contribution >= 0.6 is 7.82 Å². The highest BCUT2D eigenvalue weighted by atomic mass is 35.5. The number of phosphoric acid groups is 1. The fourth-order valence-electron chi connectivity index (χ4n) is 5.53. The number of methoxy groups -OCH3 is 1. The zero-order valence-electron chi connectivity index (χ0n) is 23.0. The quantitative estimate of drug-likeness (QED) is 0.136. The summed E-state index contributed by atoms with van der Waals surface area (Å²) in [7, 11) is -3.16. The molecule has 1 aromatic heterocycles. The second-order valence-electron chi connectivity index (χ2n) is 10.3. The van der Waals surface area contributed by atoms with Crippen LogP contribution in [0.15, 0.2) is 18.2 Å². The molecule has 40 heavy (non-hydrogen) atoms. The third kappa shape index (κ3) is 8.86. The van der Waals surface area contributed by atoms with Gasteiger partial charge < -0.3 is 42.9 Å². The maximum absolute atomic E-state index is 14.3. The number of aromatic nitrogens is 3. The van der Waals surface area contributed by atoms with Crippen molar-refractivity contribution < 1.29 is 44.9 Å². The lowest BCUT2D eigenvalue weighted by Gasteiger charge is -2.38. The molecule has 2 aliphatic rings. The Hall–Kier alpha value is -2.28. The van der Waals surface area contributed by atoms with Gasteiger partial charge in [0.15, 0.2) is 18.3 Å². The number of anilines is 4. The Morgan fingerprint density at radius 3 is 2.40 bits per heavy atom. The molecule has 4 rings (SSSR count). The molecule has 1 aliphatic heterocycles. The van der Waals surface area contributed by atoms with E-state index < -0.39 is 13.6 Å². The van der Waals surface area contributed by atoms with Crippen molar-refractivity contribution in [2.75, 3.05) is 49.4 Å². The van der Waals surface area contributed by atoms with Gasteiger partial charge in [0, 0.05) is 30.6 Å². The van der Waals surface area contributed by atoms with Gasteiger partial charge in [-0.2, -0.15) is 15.0 Å². The molecular weight excluding hydrogens is 564 g/mol. The Bertz CT molecular complexity index is 1150. The van der Waals surface area contributed by atoms with Gasteiger partial charge >= 0.3 is 7.82 Å². The molecule has 0 amide bonds. The van der Waals surface area contributed by atoms with Crippen molar-refractivity contribution in [2.24, 2.45) is 0 Å². The van der Waals surface area contributed by atoms with Crippen LogP contribution in [0.1, 0.15) is 58.3 Å². The highest BCUT2D eigenvalue weighted by Crippen LogP contribution is 2.39. The second kappa shape index (κ2) is 14.6. The van der Waals surface area contributed by atoms with Crippen molar-refractivity contribution in [3.63, 3.8) is 0 Å². The highest BCUT2D eigenvalue weighted by molar-refractivity contribution is 7.46. The molecule has 224 valence electrons. The number of hydrogen-bond acceptors (Lipinski definition) is 9. The summed E-state index contributed by atoms with van der Waals surface area (Å²) in [6.45, 7) is 3.86. The Morgan fingerprint density at radius 2 is 1.75 bits per heavy atom. The Labute approximate surface area is 240 Å². The third-order valence-corrected chi connectivity index (χ3v) is 8.21. The number of likely N-dealkylation sites (tertiary alicyclic amines) is 1. The van der Waals surface area contributed by atoms with Gasteiger partial charge in [-0.25, -0.2) is 13.5 Å². The first-order valence-corrected chi connectivity index (χ1v) is 15.2. The number of phosphoric ester groups is 1. The minimum absolute atomic E-state index is 0. The molecule has 15 heteroatoms. The van der Waals surface area contributed by atoms with Crippen LogP contribution in [0.5, 0.6) is 5.75 Å². The minimum Gasteiger partial charge on any atom is -1.00 e. The van der Waals surface area contributed by atoms with E-state index in [-0.39, 0.29) is 42.9 Å². The van der Waals surface area contributed by atoms with Gasteiger partial charge in [-0.3, -0.25) is 4.48 Å². The van der Waals surface area contributed by atoms with Gasteiger partial charge in [-0.1, -0.05) is 25.7 Å². The number of nitrogens with one attached hydrogen (secondary N) is 3. The van der Waals surface area contributed by atoms with E-state index >= 15 is 0 Å². The molecule has 2 aromatic rings. The second-order valence-corrected chi connectivity index (χ2v) is 11.5. The van der Waals surface area contributed by atoms with Gasteiger partial charge in [0.1, 0.15) is 6.04 Å². The van der Waals surface area contributed by atoms with E-state index in [0.717, 1.165) is 45.1 Å². The number of halogens is 2. The van der Waals surface area contributed by atoms with Crippen LogP contribution < -0.4 is 33.1 Å². The van der Waals surface area contributed by atoms with Crippen LogP contribution in [0.2, 0.25) is 0 Å². The summed E-state index contributed by atoms with van der Waals surface area (Å²) in [5.74, 6) is 0.698. The number of benzene rings is 1. The molecule has 0 radical (unpaired) electrons. The van der Waals surface area contributed by atoms with Crippen molar-refractivity contribution in [3.8, 4) is 5.75 Å². The molecule has 2 unspecified atom stereocenters. The van der Waals surface area contributed by atoms with Gasteiger partial charge in [-0.15, -0.1) is 0 Å². The lowest BCUT2D eigenvalue weighted by Crippen LogP contribution is -3.00. The van der Waals surface area contributed by atoms with Crippen molar-refractivity contribution in [2.45, 2.75) is 70.4 Å². The zero-order valence-corrected chi connectivity index (χ0v) is 24.6. The summed E-state index contributed by atoms with van der Waals surface area (Å²) in [4.78, 5) is 32.2. The van der Waals surface area contributed by atoms with E-state index in [1.807, 2.05) is 6.92 Å². The van der Waals surface area contributed by atoms with E-state index in [1.54, 1.807) is 6.07 Å². The summed E-state index contributed by atoms with van der Waals surface area (Å²) < 4.78 is 36.0. The fraction of sp³-hybridized carbons (Fsp3) is 0.640. The summed E-state index contributed by atoms with van der Waals surface area (Å²) in [6.07, 6.45) is 8.63. The highest BCUT2D eigenvalue weighted by Gasteiger charge is 2.42. The number of quaternary nitrogens is 1. The molecule has 5 N–H and O–H groups in total. The van der Waals surface area contributed by atoms with Gasteiger partial charge in [0.2, 0.25) is 17.8 Å². The third-order valence-electron chi connectivity index (χ3n) is 7.76. The molecule has 2 atom stereocenters. The first-order chi connectivity index (χ1) is 18.7. The number of ether oxygens (including phenoxy) is 1. The van der Waals surface area contributed by atoms with Gasteiger partial charge in [0.05, 0.1) is 26.7 Å². The SMILES string of the molecule is CC[N+]1(COP(=O)(O)O)CCCC1CNc1nc(Nc2ccc(OC)c(F)c2)nc(NC2CCCCCC2)n1.[Cl-]. The van der Waals surface area contributed by atoms with E-state index in [0.29, 0.717) is 35.2 Å². The molecule has 1 saturated carbocycles. The van der Waals surface area contributed by atoms with Crippen molar-refractivity contribution in [3.05, 3.63) is 24.0 Å². The van der Waals surface area contributed by atoms with Crippen LogP contribution in [-0.2, 0) is 9.09 Å². The molecule has 0 bridgehead atoms. The normalized spacial score (nSPS) is 21.8. The Morgan fingerprint density at radius 1 is 1.05 bits per heavy atom. The molecule has 1 aromatic carbocycles. The number of likely N-dealkylation sites (N-methyl/N-ethyl adjacent to an activating group) is 1. The number of rotatable bonds is 12. The smallest absolute Gasteiger partial charge is 0.474 e. The topological polar surface area (TPSA) is 151 Å². The first kappa shape index (κ1) is 32.2. The molecule has 12 nitrogen and oxygen atoms in total.